The van der Waals surface area contributed by atoms with Crippen molar-refractivity contribution in [2.24, 2.45) is 0 Å². The van der Waals surface area contributed by atoms with Crippen LogP contribution in [0, 0.1) is 11.3 Å². The van der Waals surface area contributed by atoms with E-state index >= 15 is 0 Å². The number of anilines is 1. The number of hydrogen-bond donors (Lipinski definition) is 2. The van der Waals surface area contributed by atoms with E-state index in [-0.39, 0.29) is 23.1 Å². The van der Waals surface area contributed by atoms with Gasteiger partial charge in [0.15, 0.2) is 0 Å². The van der Waals surface area contributed by atoms with Crippen molar-refractivity contribution in [2.75, 3.05) is 32.6 Å². The van der Waals surface area contributed by atoms with Crippen LogP contribution < -0.4 is 15.4 Å². The van der Waals surface area contributed by atoms with Gasteiger partial charge in [-0.2, -0.15) is 5.26 Å². The fourth-order valence-electron chi connectivity index (χ4n) is 3.03. The topological polar surface area (TPSA) is 112 Å². The summed E-state index contributed by atoms with van der Waals surface area (Å²) in [5.74, 6) is -0.0417. The molecule has 0 spiro atoms. The van der Waals surface area contributed by atoms with Crippen molar-refractivity contribution in [1.29, 1.82) is 5.26 Å². The van der Waals surface area contributed by atoms with E-state index in [0.717, 1.165) is 17.1 Å². The molecule has 8 nitrogen and oxygen atoms in total. The molecule has 0 aliphatic heterocycles. The molecule has 0 unspecified atom stereocenters. The van der Waals surface area contributed by atoms with Crippen LogP contribution in [0.15, 0.2) is 23.1 Å². The lowest BCUT2D eigenvalue weighted by atomic mass is 10.00. The van der Waals surface area contributed by atoms with E-state index in [0.29, 0.717) is 25.1 Å². The van der Waals surface area contributed by atoms with Crippen LogP contribution >= 0.6 is 0 Å². The van der Waals surface area contributed by atoms with Crippen molar-refractivity contribution in [2.45, 2.75) is 43.0 Å². The summed E-state index contributed by atoms with van der Waals surface area (Å²) in [5.41, 5.74) is -0.303. The Balaban J connectivity index is 2.13. The van der Waals surface area contributed by atoms with Crippen LogP contribution in [-0.4, -0.2) is 51.4 Å². The first-order chi connectivity index (χ1) is 12.7. The predicted molar refractivity (Wildman–Crippen MR) is 102 cm³/mol. The summed E-state index contributed by atoms with van der Waals surface area (Å²) in [6, 6.07) is 6.87. The van der Waals surface area contributed by atoms with Gasteiger partial charge in [0.2, 0.25) is 15.9 Å². The fraction of sp³-hybridized carbons (Fsp3) is 0.556. The highest BCUT2D eigenvalue weighted by molar-refractivity contribution is 7.89. The largest absolute Gasteiger partial charge is 0.492 e. The number of carbonyl (C=O) groups is 1. The van der Waals surface area contributed by atoms with E-state index < -0.39 is 15.6 Å². The van der Waals surface area contributed by atoms with Gasteiger partial charge in [0, 0.05) is 19.8 Å². The zero-order valence-corrected chi connectivity index (χ0v) is 16.7. The number of rotatable bonds is 8. The Kier molecular flexibility index (Phi) is 6.68. The average Bonchev–Trinajstić information content (AvgIpc) is 3.09. The zero-order valence-electron chi connectivity index (χ0n) is 15.9. The molecule has 1 amide bonds. The molecule has 0 heterocycles. The second kappa shape index (κ2) is 8.59. The van der Waals surface area contributed by atoms with E-state index in [1.54, 1.807) is 19.1 Å². The van der Waals surface area contributed by atoms with Crippen LogP contribution in [0.5, 0.6) is 5.75 Å². The van der Waals surface area contributed by atoms with Crippen LogP contribution in [0.4, 0.5) is 5.69 Å². The average molecular weight is 394 g/mol. The molecule has 0 aromatic heterocycles. The van der Waals surface area contributed by atoms with E-state index in [1.807, 2.05) is 0 Å². The molecule has 0 saturated heterocycles. The van der Waals surface area contributed by atoms with Gasteiger partial charge in [-0.25, -0.2) is 12.7 Å². The monoisotopic (exact) mass is 394 g/mol. The Morgan fingerprint density at radius 2 is 2.00 bits per heavy atom. The van der Waals surface area contributed by atoms with Crippen LogP contribution in [0.3, 0.4) is 0 Å². The van der Waals surface area contributed by atoms with Crippen LogP contribution in [0.2, 0.25) is 0 Å². The van der Waals surface area contributed by atoms with Gasteiger partial charge in [0.05, 0.1) is 19.2 Å². The summed E-state index contributed by atoms with van der Waals surface area (Å²) in [6.45, 7) is 2.05. The first-order valence-electron chi connectivity index (χ1n) is 8.89. The Hall–Kier alpha value is -2.31. The number of benzene rings is 1. The molecular weight excluding hydrogens is 368 g/mol. The molecule has 1 saturated carbocycles. The number of amides is 1. The van der Waals surface area contributed by atoms with Gasteiger partial charge in [-0.1, -0.05) is 0 Å². The molecule has 1 aromatic carbocycles. The van der Waals surface area contributed by atoms with Gasteiger partial charge in [-0.3, -0.25) is 4.79 Å². The summed E-state index contributed by atoms with van der Waals surface area (Å²) in [4.78, 5) is 12.3. The number of hydrogen-bond acceptors (Lipinski definition) is 6. The molecule has 0 bridgehead atoms. The smallest absolute Gasteiger partial charge is 0.246 e. The number of nitrogens with one attached hydrogen (secondary N) is 2. The molecule has 1 aromatic rings. The Labute approximate surface area is 160 Å². The standard InChI is InChI=1S/C18H26N4O4S/c1-4-26-15-8-7-14(11-16(15)27(24,25)22(2)3)20-12-17(23)21-18(13-19)9-5-6-10-18/h7-8,11,20H,4-6,9-10,12H2,1-3H3,(H,21,23). The highest BCUT2D eigenvalue weighted by Crippen LogP contribution is 2.30. The molecule has 2 N–H and O–H groups in total. The van der Waals surface area contributed by atoms with E-state index in [2.05, 4.69) is 16.7 Å². The number of sulfonamides is 1. The summed E-state index contributed by atoms with van der Waals surface area (Å²) < 4.78 is 31.6. The SMILES string of the molecule is CCOc1ccc(NCC(=O)NC2(C#N)CCCC2)cc1S(=O)(=O)N(C)C. The number of nitriles is 1. The minimum absolute atomic E-state index is 0.0315. The van der Waals surface area contributed by atoms with Gasteiger partial charge < -0.3 is 15.4 Å². The zero-order chi connectivity index (χ0) is 20.1. The number of carbonyl (C=O) groups excluding carboxylic acids is 1. The second-order valence-electron chi connectivity index (χ2n) is 6.68. The highest BCUT2D eigenvalue weighted by atomic mass is 32.2. The predicted octanol–water partition coefficient (Wildman–Crippen LogP) is 1.70. The first kappa shape index (κ1) is 21.0. The van der Waals surface area contributed by atoms with Gasteiger partial charge in [-0.05, 0) is 50.8 Å². The minimum atomic E-state index is -3.70. The maximum absolute atomic E-state index is 12.5. The second-order valence-corrected chi connectivity index (χ2v) is 8.80. The highest BCUT2D eigenvalue weighted by Gasteiger charge is 2.35. The third kappa shape index (κ3) is 4.90. The molecule has 0 atom stereocenters. The van der Waals surface area contributed by atoms with Crippen molar-refractivity contribution in [1.82, 2.24) is 9.62 Å². The lowest BCUT2D eigenvalue weighted by molar-refractivity contribution is -0.120. The lowest BCUT2D eigenvalue weighted by Crippen LogP contribution is -2.47. The molecule has 1 aliphatic rings. The third-order valence-electron chi connectivity index (χ3n) is 4.51. The fourth-order valence-corrected chi connectivity index (χ4v) is 4.08. The maximum Gasteiger partial charge on any atom is 0.246 e. The van der Waals surface area contributed by atoms with Crippen molar-refractivity contribution in [3.05, 3.63) is 18.2 Å². The maximum atomic E-state index is 12.5. The molecule has 9 heteroatoms. The molecule has 27 heavy (non-hydrogen) atoms. The molecule has 2 rings (SSSR count). The van der Waals surface area contributed by atoms with Gasteiger partial charge in [0.25, 0.3) is 0 Å². The molecule has 148 valence electrons. The van der Waals surface area contributed by atoms with Crippen molar-refractivity contribution < 1.29 is 17.9 Å². The minimum Gasteiger partial charge on any atom is -0.492 e. The van der Waals surface area contributed by atoms with Crippen molar-refractivity contribution in [3.63, 3.8) is 0 Å². The number of nitrogens with zero attached hydrogens (tertiary/aromatic N) is 2. The summed E-state index contributed by atoms with van der Waals surface area (Å²) >= 11 is 0. The number of ether oxygens (including phenoxy) is 1. The Bertz CT molecular complexity index is 824. The molecule has 1 aliphatic carbocycles. The molecule has 1 fully saturated rings. The summed E-state index contributed by atoms with van der Waals surface area (Å²) in [6.07, 6.45) is 3.16. The first-order valence-corrected chi connectivity index (χ1v) is 10.3. The lowest BCUT2D eigenvalue weighted by Gasteiger charge is -2.22. The van der Waals surface area contributed by atoms with E-state index in [9.17, 15) is 18.5 Å². The normalized spacial score (nSPS) is 16.0. The molecular formula is C18H26N4O4S. The van der Waals surface area contributed by atoms with E-state index in [1.165, 1.54) is 20.2 Å². The van der Waals surface area contributed by atoms with Crippen molar-refractivity contribution >= 4 is 21.6 Å². The Morgan fingerprint density at radius 3 is 2.56 bits per heavy atom. The Morgan fingerprint density at radius 1 is 1.33 bits per heavy atom. The quantitative estimate of drug-likeness (QED) is 0.694. The summed E-state index contributed by atoms with van der Waals surface area (Å²) in [7, 11) is -0.807. The van der Waals surface area contributed by atoms with Crippen LogP contribution in [0.25, 0.3) is 0 Å². The van der Waals surface area contributed by atoms with E-state index in [4.69, 9.17) is 4.74 Å². The van der Waals surface area contributed by atoms with Crippen LogP contribution in [0.1, 0.15) is 32.6 Å². The third-order valence-corrected chi connectivity index (χ3v) is 6.34. The molecule has 0 radical (unpaired) electrons. The van der Waals surface area contributed by atoms with Crippen molar-refractivity contribution in [3.8, 4) is 11.8 Å². The van der Waals surface area contributed by atoms with Gasteiger partial charge >= 0.3 is 0 Å². The summed E-state index contributed by atoms with van der Waals surface area (Å²) in [5, 5.41) is 15.1. The van der Waals surface area contributed by atoms with Gasteiger partial charge in [0.1, 0.15) is 16.2 Å². The van der Waals surface area contributed by atoms with Gasteiger partial charge in [-0.15, -0.1) is 0 Å². The van der Waals surface area contributed by atoms with Crippen LogP contribution in [-0.2, 0) is 14.8 Å².